The van der Waals surface area contributed by atoms with Crippen molar-refractivity contribution in [2.45, 2.75) is 24.8 Å². The Morgan fingerprint density at radius 2 is 2.00 bits per heavy atom. The second-order valence-corrected chi connectivity index (χ2v) is 6.84. The van der Waals surface area contributed by atoms with Crippen LogP contribution in [0.2, 0.25) is 0 Å². The summed E-state index contributed by atoms with van der Waals surface area (Å²) in [5.41, 5.74) is 0. The van der Waals surface area contributed by atoms with E-state index >= 15 is 0 Å². The fourth-order valence-electron chi connectivity index (χ4n) is 2.15. The Morgan fingerprint density at radius 3 is 2.40 bits per heavy atom. The van der Waals surface area contributed by atoms with E-state index in [1.54, 1.807) is 19.2 Å². The van der Waals surface area contributed by atoms with Crippen molar-refractivity contribution in [3.63, 3.8) is 0 Å². The minimum Gasteiger partial charge on any atom is -0.373 e. The maximum atomic E-state index is 12.6. The van der Waals surface area contributed by atoms with Gasteiger partial charge in [-0.25, -0.2) is 13.4 Å². The van der Waals surface area contributed by atoms with Crippen molar-refractivity contribution >= 4 is 15.8 Å². The van der Waals surface area contributed by atoms with E-state index in [0.29, 0.717) is 18.9 Å². The van der Waals surface area contributed by atoms with Gasteiger partial charge < -0.3 is 10.2 Å². The van der Waals surface area contributed by atoms with E-state index in [9.17, 15) is 8.42 Å². The number of sulfonamides is 1. The zero-order valence-corrected chi connectivity index (χ0v) is 13.6. The second-order valence-electron chi connectivity index (χ2n) is 4.95. The largest absolute Gasteiger partial charge is 0.373 e. The second kappa shape index (κ2) is 7.01. The first kappa shape index (κ1) is 16.9. The van der Waals surface area contributed by atoms with Crippen molar-refractivity contribution in [2.75, 3.05) is 39.5 Å². The molecule has 1 unspecified atom stereocenters. The average molecular weight is 300 g/mol. The molecule has 0 bridgehead atoms. The number of aromatic nitrogens is 1. The first-order chi connectivity index (χ1) is 9.32. The van der Waals surface area contributed by atoms with E-state index in [0.717, 1.165) is 0 Å². The van der Waals surface area contributed by atoms with Crippen molar-refractivity contribution in [3.05, 3.63) is 18.3 Å². The molecule has 0 radical (unpaired) electrons. The number of nitrogens with zero attached hydrogens (tertiary/aromatic N) is 3. The van der Waals surface area contributed by atoms with Crippen LogP contribution in [0.1, 0.15) is 13.8 Å². The average Bonchev–Trinajstić information content (AvgIpc) is 2.38. The van der Waals surface area contributed by atoms with Crippen molar-refractivity contribution in [1.29, 1.82) is 0 Å². The van der Waals surface area contributed by atoms with Crippen LogP contribution in [0.4, 0.5) is 5.82 Å². The summed E-state index contributed by atoms with van der Waals surface area (Å²) in [7, 11) is 2.10. The minimum absolute atomic E-state index is 0.0935. The van der Waals surface area contributed by atoms with Crippen LogP contribution in [-0.4, -0.2) is 62.9 Å². The van der Waals surface area contributed by atoms with Gasteiger partial charge in [0, 0.05) is 32.4 Å². The van der Waals surface area contributed by atoms with Crippen LogP contribution in [-0.2, 0) is 10.0 Å². The van der Waals surface area contributed by atoms with Crippen LogP contribution in [0.3, 0.4) is 0 Å². The van der Waals surface area contributed by atoms with E-state index in [1.165, 1.54) is 10.5 Å². The van der Waals surface area contributed by atoms with Crippen LogP contribution in [0.15, 0.2) is 23.2 Å². The molecule has 0 amide bonds. The third-order valence-corrected chi connectivity index (χ3v) is 5.10. The van der Waals surface area contributed by atoms with Gasteiger partial charge in [-0.15, -0.1) is 0 Å². The van der Waals surface area contributed by atoms with Crippen LogP contribution in [0.25, 0.3) is 0 Å². The lowest BCUT2D eigenvalue weighted by atomic mass is 10.3. The quantitative estimate of drug-likeness (QED) is 0.816. The van der Waals surface area contributed by atoms with Crippen LogP contribution in [0.5, 0.6) is 0 Å². The molecule has 7 heteroatoms. The van der Waals surface area contributed by atoms with E-state index in [-0.39, 0.29) is 10.9 Å². The molecule has 1 aromatic heterocycles. The normalized spacial score (nSPS) is 13.8. The lowest BCUT2D eigenvalue weighted by Gasteiger charge is -2.29. The van der Waals surface area contributed by atoms with Gasteiger partial charge in [0.2, 0.25) is 10.0 Å². The van der Waals surface area contributed by atoms with Gasteiger partial charge in [0.15, 0.2) is 0 Å². The number of rotatable bonds is 7. The SMILES string of the molecule is CCN(C(C)CN(C)C)S(=O)(=O)c1ccc(NC)nc1. The van der Waals surface area contributed by atoms with E-state index in [2.05, 4.69) is 10.3 Å². The highest BCUT2D eigenvalue weighted by atomic mass is 32.2. The lowest BCUT2D eigenvalue weighted by molar-refractivity contribution is 0.271. The molecule has 6 nitrogen and oxygen atoms in total. The molecule has 20 heavy (non-hydrogen) atoms. The van der Waals surface area contributed by atoms with Gasteiger partial charge in [-0.2, -0.15) is 4.31 Å². The Balaban J connectivity index is 3.04. The van der Waals surface area contributed by atoms with E-state index < -0.39 is 10.0 Å². The Morgan fingerprint density at radius 1 is 1.35 bits per heavy atom. The van der Waals surface area contributed by atoms with E-state index in [4.69, 9.17) is 0 Å². The van der Waals surface area contributed by atoms with Gasteiger partial charge in [0.1, 0.15) is 10.7 Å². The summed E-state index contributed by atoms with van der Waals surface area (Å²) < 4.78 is 26.8. The molecule has 0 saturated heterocycles. The summed E-state index contributed by atoms with van der Waals surface area (Å²) in [6.07, 6.45) is 1.40. The molecule has 0 aliphatic rings. The highest BCUT2D eigenvalue weighted by Crippen LogP contribution is 2.18. The van der Waals surface area contributed by atoms with Crippen molar-refractivity contribution < 1.29 is 8.42 Å². The molecule has 1 atom stereocenters. The predicted octanol–water partition coefficient (Wildman–Crippen LogP) is 1.08. The highest BCUT2D eigenvalue weighted by molar-refractivity contribution is 7.89. The number of anilines is 1. The molecular weight excluding hydrogens is 276 g/mol. The standard InChI is InChI=1S/C13H24N4O2S/c1-6-17(11(2)10-16(4)5)20(18,19)12-7-8-13(14-3)15-9-12/h7-9,11H,6,10H2,1-5H3,(H,14,15). The van der Waals surface area contributed by atoms with Crippen LogP contribution in [0, 0.1) is 0 Å². The number of likely N-dealkylation sites (N-methyl/N-ethyl adjacent to an activating group) is 2. The molecule has 0 saturated carbocycles. The molecular formula is C13H24N4O2S. The monoisotopic (exact) mass is 300 g/mol. The molecule has 0 fully saturated rings. The van der Waals surface area contributed by atoms with Gasteiger partial charge in [-0.3, -0.25) is 0 Å². The zero-order chi connectivity index (χ0) is 15.3. The number of hydrogen-bond acceptors (Lipinski definition) is 5. The summed E-state index contributed by atoms with van der Waals surface area (Å²) in [6.45, 7) is 4.87. The molecule has 1 aromatic rings. The Labute approximate surface area is 121 Å². The predicted molar refractivity (Wildman–Crippen MR) is 81.4 cm³/mol. The lowest BCUT2D eigenvalue weighted by Crippen LogP contribution is -2.43. The third-order valence-electron chi connectivity index (χ3n) is 3.03. The van der Waals surface area contributed by atoms with E-state index in [1.807, 2.05) is 32.8 Å². The van der Waals surface area contributed by atoms with Gasteiger partial charge >= 0.3 is 0 Å². The summed E-state index contributed by atoms with van der Waals surface area (Å²) >= 11 is 0. The summed E-state index contributed by atoms with van der Waals surface area (Å²) in [5.74, 6) is 0.647. The molecule has 1 heterocycles. The number of hydrogen-bond donors (Lipinski definition) is 1. The van der Waals surface area contributed by atoms with Gasteiger partial charge in [0.25, 0.3) is 0 Å². The number of nitrogens with one attached hydrogen (secondary N) is 1. The zero-order valence-electron chi connectivity index (χ0n) is 12.8. The number of pyridine rings is 1. The van der Waals surface area contributed by atoms with Gasteiger partial charge in [-0.05, 0) is 33.2 Å². The summed E-state index contributed by atoms with van der Waals surface area (Å²) in [6, 6.07) is 3.15. The maximum absolute atomic E-state index is 12.6. The molecule has 114 valence electrons. The third kappa shape index (κ3) is 3.91. The topological polar surface area (TPSA) is 65.5 Å². The first-order valence-corrected chi connectivity index (χ1v) is 8.07. The Kier molecular flexibility index (Phi) is 5.91. The van der Waals surface area contributed by atoms with Crippen LogP contribution < -0.4 is 5.32 Å². The maximum Gasteiger partial charge on any atom is 0.244 e. The fourth-order valence-corrected chi connectivity index (χ4v) is 3.73. The Hall–Kier alpha value is -1.18. The van der Waals surface area contributed by atoms with Gasteiger partial charge in [-0.1, -0.05) is 6.92 Å². The first-order valence-electron chi connectivity index (χ1n) is 6.63. The molecule has 1 rings (SSSR count). The molecule has 1 N–H and O–H groups in total. The minimum atomic E-state index is -3.50. The van der Waals surface area contributed by atoms with Crippen LogP contribution >= 0.6 is 0 Å². The molecule has 0 aliphatic carbocycles. The molecule has 0 aliphatic heterocycles. The fraction of sp³-hybridized carbons (Fsp3) is 0.615. The Bertz CT molecular complexity index is 514. The summed E-state index contributed by atoms with van der Waals surface area (Å²) in [4.78, 5) is 6.28. The molecule has 0 spiro atoms. The van der Waals surface area contributed by atoms with Crippen molar-refractivity contribution in [2.24, 2.45) is 0 Å². The highest BCUT2D eigenvalue weighted by Gasteiger charge is 2.28. The van der Waals surface area contributed by atoms with Crippen molar-refractivity contribution in [1.82, 2.24) is 14.2 Å². The van der Waals surface area contributed by atoms with Gasteiger partial charge in [0.05, 0.1) is 0 Å². The summed E-state index contributed by atoms with van der Waals surface area (Å²) in [5, 5.41) is 2.87. The van der Waals surface area contributed by atoms with Crippen molar-refractivity contribution in [3.8, 4) is 0 Å². The smallest absolute Gasteiger partial charge is 0.244 e. The molecule has 0 aromatic carbocycles.